The van der Waals surface area contributed by atoms with Crippen molar-refractivity contribution in [3.05, 3.63) is 48.9 Å². The summed E-state index contributed by atoms with van der Waals surface area (Å²) in [6.45, 7) is 8.64. The van der Waals surface area contributed by atoms with Crippen LogP contribution in [0.3, 0.4) is 0 Å². The summed E-state index contributed by atoms with van der Waals surface area (Å²) in [5, 5.41) is 15.8. The van der Waals surface area contributed by atoms with Gasteiger partial charge in [0.1, 0.15) is 5.69 Å². The summed E-state index contributed by atoms with van der Waals surface area (Å²) >= 11 is 0. The lowest BCUT2D eigenvalue weighted by Crippen LogP contribution is -2.39. The Morgan fingerprint density at radius 3 is 2.70 bits per heavy atom. The van der Waals surface area contributed by atoms with E-state index in [9.17, 15) is 0 Å². The quantitative estimate of drug-likeness (QED) is 0.603. The van der Waals surface area contributed by atoms with Crippen molar-refractivity contribution in [2.75, 3.05) is 31.1 Å². The van der Waals surface area contributed by atoms with Gasteiger partial charge >= 0.3 is 0 Å². The number of hydrogen-bond acceptors (Lipinski definition) is 5. The molecule has 0 radical (unpaired) electrons. The summed E-state index contributed by atoms with van der Waals surface area (Å²) in [6, 6.07) is 9.18. The highest BCUT2D eigenvalue weighted by molar-refractivity contribution is 5.92. The van der Waals surface area contributed by atoms with Crippen LogP contribution < -0.4 is 15.5 Å². The summed E-state index contributed by atoms with van der Waals surface area (Å²) < 4.78 is 0. The summed E-state index contributed by atoms with van der Waals surface area (Å²) in [6.07, 6.45) is 10.0. The van der Waals surface area contributed by atoms with Gasteiger partial charge < -0.3 is 15.5 Å². The highest BCUT2D eigenvalue weighted by Crippen LogP contribution is 2.30. The van der Waals surface area contributed by atoms with E-state index >= 15 is 0 Å². The summed E-state index contributed by atoms with van der Waals surface area (Å²) in [5.41, 5.74) is 6.35. The number of aromatic nitrogens is 3. The minimum Gasteiger partial charge on any atom is -0.381 e. The first kappa shape index (κ1) is 19.1. The first-order valence-electron chi connectivity index (χ1n) is 11.1. The van der Waals surface area contributed by atoms with Crippen molar-refractivity contribution in [3.8, 4) is 11.1 Å². The number of rotatable bonds is 5. The third kappa shape index (κ3) is 3.92. The summed E-state index contributed by atoms with van der Waals surface area (Å²) in [5.74, 6) is 0. The zero-order chi connectivity index (χ0) is 20.3. The van der Waals surface area contributed by atoms with Crippen LogP contribution in [0.4, 0.5) is 5.69 Å². The van der Waals surface area contributed by atoms with E-state index in [0.717, 1.165) is 72.4 Å². The minimum absolute atomic E-state index is 0.458. The molecule has 6 nitrogen and oxygen atoms in total. The predicted octanol–water partition coefficient (Wildman–Crippen LogP) is 3.93. The number of fused-ring (bicyclic) bond motifs is 1. The van der Waals surface area contributed by atoms with E-state index in [4.69, 9.17) is 0 Å². The van der Waals surface area contributed by atoms with Gasteiger partial charge in [0.15, 0.2) is 0 Å². The highest BCUT2D eigenvalue weighted by atomic mass is 15.1. The molecule has 2 aromatic heterocycles. The van der Waals surface area contributed by atoms with Gasteiger partial charge in [-0.15, -0.1) is 0 Å². The molecule has 156 valence electrons. The lowest BCUT2D eigenvalue weighted by molar-refractivity contribution is 0.425. The normalized spacial score (nSPS) is 17.9. The second kappa shape index (κ2) is 8.48. The Labute approximate surface area is 177 Å². The average molecular weight is 403 g/mol. The van der Waals surface area contributed by atoms with Gasteiger partial charge in [-0.05, 0) is 69.0 Å². The fourth-order valence-electron chi connectivity index (χ4n) is 4.62. The van der Waals surface area contributed by atoms with Crippen molar-refractivity contribution in [2.45, 2.75) is 38.1 Å². The molecular formula is C24H30N6. The number of anilines is 1. The van der Waals surface area contributed by atoms with Crippen LogP contribution in [-0.2, 0) is 0 Å². The van der Waals surface area contributed by atoms with Crippen molar-refractivity contribution in [2.24, 2.45) is 0 Å². The predicted molar refractivity (Wildman–Crippen MR) is 123 cm³/mol. The molecule has 4 heterocycles. The number of pyridine rings is 1. The number of nitrogens with one attached hydrogen (secondary N) is 3. The molecule has 3 aromatic rings. The van der Waals surface area contributed by atoms with Gasteiger partial charge in [-0.3, -0.25) is 10.1 Å². The Morgan fingerprint density at radius 1 is 1.03 bits per heavy atom. The molecule has 3 N–H and O–H groups in total. The smallest absolute Gasteiger partial charge is 0.115 e. The van der Waals surface area contributed by atoms with Gasteiger partial charge in [0.2, 0.25) is 0 Å². The summed E-state index contributed by atoms with van der Waals surface area (Å²) in [7, 11) is 0. The second-order valence-electron chi connectivity index (χ2n) is 8.46. The highest BCUT2D eigenvalue weighted by Gasteiger charge is 2.17. The van der Waals surface area contributed by atoms with Crippen molar-refractivity contribution in [1.29, 1.82) is 0 Å². The van der Waals surface area contributed by atoms with Crippen LogP contribution in [0.5, 0.6) is 0 Å². The van der Waals surface area contributed by atoms with Gasteiger partial charge in [-0.25, -0.2) is 0 Å². The van der Waals surface area contributed by atoms with E-state index in [1.54, 1.807) is 0 Å². The molecule has 2 aliphatic heterocycles. The maximum atomic E-state index is 4.56. The Bertz CT molecular complexity index is 1030. The standard InChI is InChI=1S/C24H30N6/c1-17(27-20-7-9-25-10-8-20)24-22-14-18(5-6-23(22)28-29-24)19-13-21(16-26-15-19)30-11-3-2-4-12-30/h5-6,13-16,20,25,27H,1-4,7-12H2,(H,28,29). The fourth-order valence-corrected chi connectivity index (χ4v) is 4.62. The van der Waals surface area contributed by atoms with Crippen LogP contribution in [0.2, 0.25) is 0 Å². The van der Waals surface area contributed by atoms with Crippen molar-refractivity contribution >= 4 is 22.3 Å². The van der Waals surface area contributed by atoms with Gasteiger partial charge in [0, 0.05) is 36.3 Å². The van der Waals surface area contributed by atoms with Gasteiger partial charge in [0.25, 0.3) is 0 Å². The zero-order valence-electron chi connectivity index (χ0n) is 17.5. The van der Waals surface area contributed by atoms with E-state index in [-0.39, 0.29) is 0 Å². The number of piperidine rings is 2. The SMILES string of the molecule is C=C(NC1CCNCC1)c1n[nH]c2ccc(-c3cncc(N4CCCCC4)c3)cc12. The van der Waals surface area contributed by atoms with Crippen molar-refractivity contribution in [3.63, 3.8) is 0 Å². The van der Waals surface area contributed by atoms with Crippen LogP contribution >= 0.6 is 0 Å². The van der Waals surface area contributed by atoms with E-state index < -0.39 is 0 Å². The van der Waals surface area contributed by atoms with E-state index in [1.807, 2.05) is 12.4 Å². The third-order valence-corrected chi connectivity index (χ3v) is 6.34. The molecule has 2 aliphatic rings. The lowest BCUT2D eigenvalue weighted by Gasteiger charge is -2.28. The average Bonchev–Trinajstić information content (AvgIpc) is 3.24. The number of hydrogen-bond donors (Lipinski definition) is 3. The number of H-pyrrole nitrogens is 1. The maximum absolute atomic E-state index is 4.56. The molecule has 0 atom stereocenters. The number of benzene rings is 1. The van der Waals surface area contributed by atoms with Gasteiger partial charge in [-0.2, -0.15) is 5.10 Å². The molecule has 1 aromatic carbocycles. The van der Waals surface area contributed by atoms with Gasteiger partial charge in [-0.1, -0.05) is 12.6 Å². The van der Waals surface area contributed by atoms with Crippen LogP contribution in [0.25, 0.3) is 27.7 Å². The molecule has 0 saturated carbocycles. The topological polar surface area (TPSA) is 68.9 Å². The van der Waals surface area contributed by atoms with Crippen LogP contribution in [0.1, 0.15) is 37.8 Å². The molecule has 0 unspecified atom stereocenters. The first-order valence-corrected chi connectivity index (χ1v) is 11.1. The summed E-state index contributed by atoms with van der Waals surface area (Å²) in [4.78, 5) is 6.99. The van der Waals surface area contributed by atoms with Gasteiger partial charge in [0.05, 0.1) is 23.1 Å². The first-order chi connectivity index (χ1) is 14.8. The Morgan fingerprint density at radius 2 is 1.87 bits per heavy atom. The zero-order valence-corrected chi connectivity index (χ0v) is 17.5. The molecule has 5 rings (SSSR count). The van der Waals surface area contributed by atoms with Crippen molar-refractivity contribution < 1.29 is 0 Å². The number of aromatic amines is 1. The van der Waals surface area contributed by atoms with Crippen LogP contribution in [-0.4, -0.2) is 47.4 Å². The maximum Gasteiger partial charge on any atom is 0.115 e. The molecule has 0 bridgehead atoms. The fraction of sp³-hybridized carbons (Fsp3) is 0.417. The van der Waals surface area contributed by atoms with Crippen LogP contribution in [0, 0.1) is 0 Å². The molecular weight excluding hydrogens is 372 g/mol. The van der Waals surface area contributed by atoms with Crippen molar-refractivity contribution in [1.82, 2.24) is 25.8 Å². The number of nitrogens with zero attached hydrogens (tertiary/aromatic N) is 3. The monoisotopic (exact) mass is 402 g/mol. The van der Waals surface area contributed by atoms with E-state index in [2.05, 4.69) is 61.6 Å². The Hall–Kier alpha value is -2.86. The largest absolute Gasteiger partial charge is 0.381 e. The van der Waals surface area contributed by atoms with Crippen LogP contribution in [0.15, 0.2) is 43.2 Å². The van der Waals surface area contributed by atoms with E-state index in [1.165, 1.54) is 24.9 Å². The molecule has 6 heteroatoms. The molecule has 2 fully saturated rings. The molecule has 0 spiro atoms. The lowest BCUT2D eigenvalue weighted by atomic mass is 10.0. The molecule has 30 heavy (non-hydrogen) atoms. The molecule has 0 aliphatic carbocycles. The molecule has 0 amide bonds. The Kier molecular flexibility index (Phi) is 5.41. The second-order valence-corrected chi connectivity index (χ2v) is 8.46. The minimum atomic E-state index is 0.458. The molecule has 2 saturated heterocycles. The third-order valence-electron chi connectivity index (χ3n) is 6.34. The Balaban J connectivity index is 1.42. The van der Waals surface area contributed by atoms with E-state index in [0.29, 0.717) is 6.04 Å².